The third kappa shape index (κ3) is 3.17. The van der Waals surface area contributed by atoms with Gasteiger partial charge < -0.3 is 9.84 Å². The van der Waals surface area contributed by atoms with Gasteiger partial charge in [0.25, 0.3) is 0 Å². The van der Waals surface area contributed by atoms with Gasteiger partial charge in [0, 0.05) is 5.56 Å². The largest absolute Gasteiger partial charge is 0.503 e. The molecule has 0 amide bonds. The molecule has 0 radical (unpaired) electrons. The molecule has 7 heteroatoms. The first-order chi connectivity index (χ1) is 11.2. The number of nitrogens with zero attached hydrogens (tertiary/aromatic N) is 4. The van der Waals surface area contributed by atoms with Crippen LogP contribution in [0.5, 0.6) is 11.5 Å². The van der Waals surface area contributed by atoms with Crippen molar-refractivity contribution in [1.29, 1.82) is 0 Å². The van der Waals surface area contributed by atoms with E-state index in [1.165, 1.54) is 13.4 Å². The summed E-state index contributed by atoms with van der Waals surface area (Å²) in [7, 11) is 1.46. The third-order valence-corrected chi connectivity index (χ3v) is 3.45. The molecule has 1 aromatic heterocycles. The topological polar surface area (TPSA) is 72.5 Å². The minimum Gasteiger partial charge on any atom is -0.503 e. The molecule has 6 nitrogen and oxygen atoms in total. The van der Waals surface area contributed by atoms with E-state index < -0.39 is 0 Å². The van der Waals surface area contributed by atoms with Crippen molar-refractivity contribution in [1.82, 2.24) is 14.9 Å². The number of aromatic hydroxyl groups is 1. The Morgan fingerprint density at radius 3 is 2.78 bits per heavy atom. The monoisotopic (exact) mass is 328 g/mol. The van der Waals surface area contributed by atoms with Gasteiger partial charge in [0.1, 0.15) is 6.33 Å². The normalized spacial score (nSPS) is 11.0. The van der Waals surface area contributed by atoms with E-state index >= 15 is 0 Å². The molecule has 0 aliphatic rings. The number of phenolic OH excluding ortho intramolecular Hbond substituents is 1. The summed E-state index contributed by atoms with van der Waals surface area (Å²) in [5.74, 6) is 0.810. The quantitative estimate of drug-likeness (QED) is 0.746. The zero-order valence-corrected chi connectivity index (χ0v) is 13.0. The number of benzene rings is 2. The van der Waals surface area contributed by atoms with E-state index in [0.717, 1.165) is 5.56 Å². The lowest BCUT2D eigenvalue weighted by Gasteiger charge is -2.06. The van der Waals surface area contributed by atoms with Gasteiger partial charge in [0.05, 0.1) is 18.3 Å². The van der Waals surface area contributed by atoms with E-state index in [2.05, 4.69) is 15.3 Å². The Kier molecular flexibility index (Phi) is 4.25. The van der Waals surface area contributed by atoms with Gasteiger partial charge in [-0.3, -0.25) is 0 Å². The Morgan fingerprint density at radius 1 is 1.26 bits per heavy atom. The molecule has 3 rings (SSSR count). The van der Waals surface area contributed by atoms with Crippen molar-refractivity contribution in [2.45, 2.75) is 0 Å². The molecule has 0 saturated heterocycles. The van der Waals surface area contributed by atoms with Crippen LogP contribution in [0, 0.1) is 0 Å². The molecule has 0 fully saturated rings. The fourth-order valence-corrected chi connectivity index (χ4v) is 2.26. The average molecular weight is 329 g/mol. The maximum absolute atomic E-state index is 9.74. The molecule has 0 aliphatic carbocycles. The summed E-state index contributed by atoms with van der Waals surface area (Å²) in [6.45, 7) is 0. The van der Waals surface area contributed by atoms with Gasteiger partial charge in [-0.2, -0.15) is 9.78 Å². The number of aromatic nitrogens is 3. The van der Waals surface area contributed by atoms with Crippen molar-refractivity contribution in [2.75, 3.05) is 7.11 Å². The number of phenols is 1. The molecule has 23 heavy (non-hydrogen) atoms. The SMILES string of the molecule is COc1cc(/C=N/n2cnnc2-c2ccccc2)cc(Cl)c1O. The zero-order chi connectivity index (χ0) is 16.2. The molecule has 0 atom stereocenters. The smallest absolute Gasteiger partial charge is 0.184 e. The van der Waals surface area contributed by atoms with Crippen molar-refractivity contribution in [3.05, 3.63) is 59.4 Å². The highest BCUT2D eigenvalue weighted by atomic mass is 35.5. The molecule has 3 aromatic rings. The third-order valence-electron chi connectivity index (χ3n) is 3.16. The zero-order valence-electron chi connectivity index (χ0n) is 12.2. The minimum absolute atomic E-state index is 0.0967. The molecule has 1 heterocycles. The van der Waals surface area contributed by atoms with Crippen molar-refractivity contribution in [3.63, 3.8) is 0 Å². The summed E-state index contributed by atoms with van der Waals surface area (Å²) in [6, 6.07) is 12.9. The van der Waals surface area contributed by atoms with E-state index in [1.54, 1.807) is 23.0 Å². The molecule has 2 aromatic carbocycles. The van der Waals surface area contributed by atoms with Crippen LogP contribution in [0.2, 0.25) is 5.02 Å². The lowest BCUT2D eigenvalue weighted by Crippen LogP contribution is -1.94. The van der Waals surface area contributed by atoms with Crippen molar-refractivity contribution >= 4 is 17.8 Å². The van der Waals surface area contributed by atoms with Crippen LogP contribution in [0.4, 0.5) is 0 Å². The van der Waals surface area contributed by atoms with E-state index in [0.29, 0.717) is 11.4 Å². The molecule has 0 saturated carbocycles. The van der Waals surface area contributed by atoms with Crippen LogP contribution in [0.25, 0.3) is 11.4 Å². The molecular weight excluding hydrogens is 316 g/mol. The van der Waals surface area contributed by atoms with Crippen LogP contribution in [-0.2, 0) is 0 Å². The van der Waals surface area contributed by atoms with Crippen LogP contribution in [0.3, 0.4) is 0 Å². The van der Waals surface area contributed by atoms with Crippen LogP contribution < -0.4 is 4.74 Å². The Hall–Kier alpha value is -2.86. The highest BCUT2D eigenvalue weighted by molar-refractivity contribution is 6.32. The van der Waals surface area contributed by atoms with Crippen LogP contribution in [0.1, 0.15) is 5.56 Å². The molecule has 0 spiro atoms. The van der Waals surface area contributed by atoms with Crippen molar-refractivity contribution in [2.24, 2.45) is 5.10 Å². The number of hydrogen-bond donors (Lipinski definition) is 1. The van der Waals surface area contributed by atoms with Gasteiger partial charge in [-0.15, -0.1) is 10.2 Å². The number of ether oxygens (including phenoxy) is 1. The van der Waals surface area contributed by atoms with Crippen LogP contribution in [0.15, 0.2) is 53.9 Å². The van der Waals surface area contributed by atoms with Crippen LogP contribution in [-0.4, -0.2) is 33.3 Å². The molecular formula is C16H13ClN4O2. The Labute approximate surface area is 137 Å². The Bertz CT molecular complexity index is 847. The molecule has 0 aliphatic heterocycles. The minimum atomic E-state index is -0.0967. The van der Waals surface area contributed by atoms with Crippen molar-refractivity contribution in [3.8, 4) is 22.9 Å². The number of rotatable bonds is 4. The fraction of sp³-hybridized carbons (Fsp3) is 0.0625. The van der Waals surface area contributed by atoms with E-state index in [1.807, 2.05) is 30.3 Å². The molecule has 0 unspecified atom stereocenters. The van der Waals surface area contributed by atoms with Crippen LogP contribution >= 0.6 is 11.6 Å². The molecule has 0 bridgehead atoms. The fourth-order valence-electron chi connectivity index (χ4n) is 2.04. The number of methoxy groups -OCH3 is 1. The second-order valence-electron chi connectivity index (χ2n) is 4.66. The second kappa shape index (κ2) is 6.50. The highest BCUT2D eigenvalue weighted by Crippen LogP contribution is 2.34. The average Bonchev–Trinajstić information content (AvgIpc) is 3.05. The summed E-state index contributed by atoms with van der Waals surface area (Å²) >= 11 is 5.96. The maximum Gasteiger partial charge on any atom is 0.184 e. The van der Waals surface area contributed by atoms with Gasteiger partial charge in [-0.05, 0) is 17.7 Å². The van der Waals surface area contributed by atoms with Gasteiger partial charge in [-0.1, -0.05) is 41.9 Å². The number of hydrogen-bond acceptors (Lipinski definition) is 5. The summed E-state index contributed by atoms with van der Waals surface area (Å²) in [5, 5.41) is 22.2. The summed E-state index contributed by atoms with van der Waals surface area (Å²) in [6.07, 6.45) is 3.10. The predicted octanol–water partition coefficient (Wildman–Crippen LogP) is 3.19. The molecule has 116 valence electrons. The van der Waals surface area contributed by atoms with Gasteiger partial charge in [0.2, 0.25) is 0 Å². The predicted molar refractivity (Wildman–Crippen MR) is 88.1 cm³/mol. The summed E-state index contributed by atoms with van der Waals surface area (Å²) < 4.78 is 6.63. The maximum atomic E-state index is 9.74. The Balaban J connectivity index is 1.93. The van der Waals surface area contributed by atoms with E-state index in [9.17, 15) is 5.11 Å². The first kappa shape index (κ1) is 15.1. The number of halogens is 1. The second-order valence-corrected chi connectivity index (χ2v) is 5.07. The first-order valence-electron chi connectivity index (χ1n) is 6.75. The first-order valence-corrected chi connectivity index (χ1v) is 7.13. The van der Waals surface area contributed by atoms with Gasteiger partial charge in [0.15, 0.2) is 17.3 Å². The lowest BCUT2D eigenvalue weighted by molar-refractivity contribution is 0.373. The van der Waals surface area contributed by atoms with Crippen molar-refractivity contribution < 1.29 is 9.84 Å². The summed E-state index contributed by atoms with van der Waals surface area (Å²) in [5.41, 5.74) is 1.58. The highest BCUT2D eigenvalue weighted by Gasteiger charge is 2.09. The standard InChI is InChI=1S/C16H13ClN4O2/c1-23-14-8-11(7-13(17)15(14)22)9-19-21-10-18-20-16(21)12-5-3-2-4-6-12/h2-10,22H,1H3/b19-9+. The van der Waals surface area contributed by atoms with E-state index in [4.69, 9.17) is 16.3 Å². The van der Waals surface area contributed by atoms with Gasteiger partial charge >= 0.3 is 0 Å². The lowest BCUT2D eigenvalue weighted by atomic mass is 10.2. The summed E-state index contributed by atoms with van der Waals surface area (Å²) in [4.78, 5) is 0. The van der Waals surface area contributed by atoms with E-state index in [-0.39, 0.29) is 16.5 Å². The Morgan fingerprint density at radius 2 is 2.04 bits per heavy atom. The molecule has 1 N–H and O–H groups in total. The van der Waals surface area contributed by atoms with Gasteiger partial charge in [-0.25, -0.2) is 0 Å².